The highest BCUT2D eigenvalue weighted by Gasteiger charge is 2.23. The lowest BCUT2D eigenvalue weighted by molar-refractivity contribution is -0.131. The Bertz CT molecular complexity index is 708. The first-order valence-corrected chi connectivity index (χ1v) is 9.13. The maximum atomic E-state index is 13.0. The van der Waals surface area contributed by atoms with Gasteiger partial charge in [0.2, 0.25) is 5.91 Å². The second-order valence-corrected chi connectivity index (χ2v) is 6.89. The van der Waals surface area contributed by atoms with E-state index < -0.39 is 0 Å². The van der Waals surface area contributed by atoms with Crippen LogP contribution in [0.25, 0.3) is 11.3 Å². The zero-order chi connectivity index (χ0) is 16.9. The summed E-state index contributed by atoms with van der Waals surface area (Å²) in [4.78, 5) is 23.0. The zero-order valence-corrected chi connectivity index (χ0v) is 14.4. The van der Waals surface area contributed by atoms with Gasteiger partial charge in [-0.15, -0.1) is 0 Å². The summed E-state index contributed by atoms with van der Waals surface area (Å²) >= 11 is 1.35. The first-order chi connectivity index (χ1) is 11.6. The summed E-state index contributed by atoms with van der Waals surface area (Å²) in [6, 6.07) is 8.29. The highest BCUT2D eigenvalue weighted by molar-refractivity contribution is 7.99. The Morgan fingerprint density at radius 1 is 1.29 bits per heavy atom. The van der Waals surface area contributed by atoms with E-state index in [4.69, 9.17) is 0 Å². The van der Waals surface area contributed by atoms with Crippen LogP contribution >= 0.6 is 11.8 Å². The molecule has 1 unspecified atom stereocenters. The topological polar surface area (TPSA) is 46.1 Å². The van der Waals surface area contributed by atoms with Crippen molar-refractivity contribution >= 4 is 17.7 Å². The maximum Gasteiger partial charge on any atom is 0.233 e. The summed E-state index contributed by atoms with van der Waals surface area (Å²) in [5.41, 5.74) is 1.56. The van der Waals surface area contributed by atoms with E-state index in [-0.39, 0.29) is 11.7 Å². The third-order valence-corrected chi connectivity index (χ3v) is 5.07. The minimum absolute atomic E-state index is 0.142. The van der Waals surface area contributed by atoms with Crippen molar-refractivity contribution in [3.63, 3.8) is 0 Å². The summed E-state index contributed by atoms with van der Waals surface area (Å²) < 4.78 is 13.0. The third-order valence-electron chi connectivity index (χ3n) is 4.22. The molecule has 1 aromatic carbocycles. The Labute approximate surface area is 145 Å². The van der Waals surface area contributed by atoms with E-state index in [9.17, 15) is 9.18 Å². The van der Waals surface area contributed by atoms with E-state index in [0.717, 1.165) is 30.6 Å². The van der Waals surface area contributed by atoms with Gasteiger partial charge in [-0.1, -0.05) is 11.8 Å². The van der Waals surface area contributed by atoms with Gasteiger partial charge in [-0.25, -0.2) is 14.4 Å². The number of thioether (sulfide) groups is 1. The number of nitrogens with zero attached hydrogens (tertiary/aromatic N) is 3. The van der Waals surface area contributed by atoms with Crippen molar-refractivity contribution in [3.05, 3.63) is 42.3 Å². The fraction of sp³-hybridized carbons (Fsp3) is 0.389. The Hall–Kier alpha value is -1.95. The molecular formula is C18H20FN3OS. The molecule has 0 radical (unpaired) electrons. The van der Waals surface area contributed by atoms with Crippen molar-refractivity contribution in [2.75, 3.05) is 12.3 Å². The van der Waals surface area contributed by atoms with Gasteiger partial charge in [-0.3, -0.25) is 4.79 Å². The summed E-state index contributed by atoms with van der Waals surface area (Å²) in [6.45, 7) is 2.95. The molecule has 2 heterocycles. The highest BCUT2D eigenvalue weighted by atomic mass is 32.2. The van der Waals surface area contributed by atoms with Crippen LogP contribution in [0.15, 0.2) is 41.7 Å². The molecule has 0 bridgehead atoms. The number of piperidine rings is 1. The first-order valence-electron chi connectivity index (χ1n) is 8.15. The standard InChI is InChI=1S/C18H20FN3OS/c1-13-4-2-3-11-22(13)17(23)12-24-18-20-10-9-16(21-18)14-5-7-15(19)8-6-14/h5-10,13H,2-4,11-12H2,1H3. The predicted molar refractivity (Wildman–Crippen MR) is 93.2 cm³/mol. The molecule has 1 fully saturated rings. The molecule has 2 aromatic rings. The molecule has 1 atom stereocenters. The molecule has 6 heteroatoms. The van der Waals surface area contributed by atoms with Crippen molar-refractivity contribution in [2.24, 2.45) is 0 Å². The van der Waals surface area contributed by atoms with Crippen LogP contribution < -0.4 is 0 Å². The van der Waals surface area contributed by atoms with Crippen molar-refractivity contribution in [3.8, 4) is 11.3 Å². The molecule has 0 saturated carbocycles. The van der Waals surface area contributed by atoms with E-state index in [0.29, 0.717) is 17.0 Å². The van der Waals surface area contributed by atoms with Crippen LogP contribution in [0.5, 0.6) is 0 Å². The molecule has 0 spiro atoms. The Kier molecular flexibility index (Phi) is 5.45. The summed E-state index contributed by atoms with van der Waals surface area (Å²) in [7, 11) is 0. The molecule has 4 nitrogen and oxygen atoms in total. The molecule has 3 rings (SSSR count). The Balaban J connectivity index is 1.64. The number of amides is 1. The number of carbonyl (C=O) groups is 1. The lowest BCUT2D eigenvalue weighted by atomic mass is 10.0. The van der Waals surface area contributed by atoms with E-state index in [1.165, 1.54) is 30.3 Å². The second-order valence-electron chi connectivity index (χ2n) is 5.95. The van der Waals surface area contributed by atoms with Gasteiger partial charge in [0.25, 0.3) is 0 Å². The number of hydrogen-bond donors (Lipinski definition) is 0. The van der Waals surface area contributed by atoms with Crippen LogP contribution in [0.1, 0.15) is 26.2 Å². The van der Waals surface area contributed by atoms with Crippen LogP contribution in [0.4, 0.5) is 4.39 Å². The molecule has 0 aliphatic carbocycles. The average Bonchev–Trinajstić information content (AvgIpc) is 2.61. The summed E-state index contributed by atoms with van der Waals surface area (Å²) in [5, 5.41) is 0.565. The van der Waals surface area contributed by atoms with Crippen LogP contribution in [-0.4, -0.2) is 39.1 Å². The quantitative estimate of drug-likeness (QED) is 0.625. The molecule has 1 aliphatic heterocycles. The number of hydrogen-bond acceptors (Lipinski definition) is 4. The van der Waals surface area contributed by atoms with Crippen molar-refractivity contribution in [1.29, 1.82) is 0 Å². The van der Waals surface area contributed by atoms with E-state index in [1.807, 2.05) is 4.90 Å². The SMILES string of the molecule is CC1CCCCN1C(=O)CSc1nccc(-c2ccc(F)cc2)n1. The van der Waals surface area contributed by atoms with Gasteiger partial charge in [0.1, 0.15) is 5.82 Å². The van der Waals surface area contributed by atoms with Gasteiger partial charge in [-0.05, 0) is 56.5 Å². The fourth-order valence-corrected chi connectivity index (χ4v) is 3.59. The van der Waals surface area contributed by atoms with Crippen LogP contribution in [0, 0.1) is 5.82 Å². The van der Waals surface area contributed by atoms with Gasteiger partial charge in [0.05, 0.1) is 11.4 Å². The van der Waals surface area contributed by atoms with E-state index >= 15 is 0 Å². The molecule has 0 N–H and O–H groups in total. The van der Waals surface area contributed by atoms with Crippen molar-refractivity contribution < 1.29 is 9.18 Å². The Morgan fingerprint density at radius 3 is 2.83 bits per heavy atom. The minimum Gasteiger partial charge on any atom is -0.339 e. The number of benzene rings is 1. The number of aromatic nitrogens is 2. The largest absolute Gasteiger partial charge is 0.339 e. The van der Waals surface area contributed by atoms with Gasteiger partial charge in [-0.2, -0.15) is 0 Å². The maximum absolute atomic E-state index is 13.0. The molecule has 1 aliphatic rings. The van der Waals surface area contributed by atoms with E-state index in [2.05, 4.69) is 16.9 Å². The number of likely N-dealkylation sites (tertiary alicyclic amines) is 1. The van der Waals surface area contributed by atoms with Crippen molar-refractivity contribution in [1.82, 2.24) is 14.9 Å². The smallest absolute Gasteiger partial charge is 0.233 e. The highest BCUT2D eigenvalue weighted by Crippen LogP contribution is 2.22. The number of halogens is 1. The fourth-order valence-electron chi connectivity index (χ4n) is 2.87. The monoisotopic (exact) mass is 345 g/mol. The molecule has 24 heavy (non-hydrogen) atoms. The normalized spacial score (nSPS) is 17.8. The summed E-state index contributed by atoms with van der Waals surface area (Å²) in [6.07, 6.45) is 5.02. The van der Waals surface area contributed by atoms with E-state index in [1.54, 1.807) is 24.4 Å². The van der Waals surface area contributed by atoms with Gasteiger partial charge in [0.15, 0.2) is 5.16 Å². The van der Waals surface area contributed by atoms with Crippen molar-refractivity contribution in [2.45, 2.75) is 37.4 Å². The van der Waals surface area contributed by atoms with Gasteiger partial charge >= 0.3 is 0 Å². The summed E-state index contributed by atoms with van der Waals surface area (Å²) in [5.74, 6) is 0.212. The predicted octanol–water partition coefficient (Wildman–Crippen LogP) is 3.78. The van der Waals surface area contributed by atoms with Gasteiger partial charge < -0.3 is 4.90 Å². The van der Waals surface area contributed by atoms with Gasteiger partial charge in [0, 0.05) is 24.3 Å². The molecule has 126 valence electrons. The lowest BCUT2D eigenvalue weighted by Crippen LogP contribution is -2.42. The number of rotatable bonds is 4. The molecule has 1 aromatic heterocycles. The molecule has 1 saturated heterocycles. The lowest BCUT2D eigenvalue weighted by Gasteiger charge is -2.33. The Morgan fingerprint density at radius 2 is 2.08 bits per heavy atom. The average molecular weight is 345 g/mol. The first kappa shape index (κ1) is 16.9. The minimum atomic E-state index is -0.274. The second kappa shape index (κ2) is 7.75. The van der Waals surface area contributed by atoms with Crippen LogP contribution in [0.2, 0.25) is 0 Å². The molecular weight excluding hydrogens is 325 g/mol. The van der Waals surface area contributed by atoms with Crippen LogP contribution in [-0.2, 0) is 4.79 Å². The third kappa shape index (κ3) is 4.12. The number of carbonyl (C=O) groups excluding carboxylic acids is 1. The van der Waals surface area contributed by atoms with Crippen LogP contribution in [0.3, 0.4) is 0 Å². The molecule has 1 amide bonds. The zero-order valence-electron chi connectivity index (χ0n) is 13.6.